The fourth-order valence-corrected chi connectivity index (χ4v) is 2.19. The summed E-state index contributed by atoms with van der Waals surface area (Å²) in [5, 5.41) is 6.45. The molecule has 0 aliphatic carbocycles. The highest BCUT2D eigenvalue weighted by atomic mass is 15.1. The molecule has 3 rings (SSSR count). The van der Waals surface area contributed by atoms with Gasteiger partial charge in [0.2, 0.25) is 5.95 Å². The third-order valence-corrected chi connectivity index (χ3v) is 3.10. The first-order chi connectivity index (χ1) is 9.31. The van der Waals surface area contributed by atoms with Crippen LogP contribution in [0.1, 0.15) is 23.9 Å². The summed E-state index contributed by atoms with van der Waals surface area (Å²) in [6, 6.07) is 3.69. The van der Waals surface area contributed by atoms with Crippen molar-refractivity contribution in [1.82, 2.24) is 25.3 Å². The van der Waals surface area contributed by atoms with Crippen LogP contribution >= 0.6 is 0 Å². The summed E-state index contributed by atoms with van der Waals surface area (Å²) in [5.74, 6) is 2.59. The Balaban J connectivity index is 1.85. The first-order valence-electron chi connectivity index (χ1n) is 6.41. The molecule has 1 unspecified atom stereocenters. The van der Waals surface area contributed by atoms with Gasteiger partial charge in [0.15, 0.2) is 0 Å². The van der Waals surface area contributed by atoms with Gasteiger partial charge in [-0.1, -0.05) is 0 Å². The van der Waals surface area contributed by atoms with Crippen LogP contribution in [0.3, 0.4) is 0 Å². The minimum Gasteiger partial charge on any atom is -0.316 e. The molecule has 1 aliphatic rings. The molecule has 1 atom stereocenters. The first kappa shape index (κ1) is 12.0. The molecule has 2 N–H and O–H groups in total. The van der Waals surface area contributed by atoms with E-state index in [1.807, 2.05) is 13.0 Å². The minimum absolute atomic E-state index is 0.400. The quantitative estimate of drug-likeness (QED) is 0.864. The maximum absolute atomic E-state index is 4.57. The SMILES string of the molecule is Cc1cc(Nc2ncccn2)nc(C2CCNC2)n1. The van der Waals surface area contributed by atoms with Crippen molar-refractivity contribution in [1.29, 1.82) is 0 Å². The fraction of sp³-hybridized carbons (Fsp3) is 0.385. The molecule has 0 radical (unpaired) electrons. The molecule has 2 aromatic rings. The number of nitrogens with zero attached hydrogens (tertiary/aromatic N) is 4. The van der Waals surface area contributed by atoms with Crippen LogP contribution in [0.4, 0.5) is 11.8 Å². The molecule has 1 saturated heterocycles. The number of rotatable bonds is 3. The molecule has 0 aromatic carbocycles. The van der Waals surface area contributed by atoms with Gasteiger partial charge in [0.25, 0.3) is 0 Å². The molecule has 1 fully saturated rings. The topological polar surface area (TPSA) is 75.6 Å². The van der Waals surface area contributed by atoms with Crippen LogP contribution in [0.2, 0.25) is 0 Å². The zero-order valence-corrected chi connectivity index (χ0v) is 10.8. The van der Waals surface area contributed by atoms with Gasteiger partial charge in [0.05, 0.1) is 0 Å². The highest BCUT2D eigenvalue weighted by Crippen LogP contribution is 2.21. The van der Waals surface area contributed by atoms with E-state index in [-0.39, 0.29) is 0 Å². The Morgan fingerprint density at radius 3 is 2.84 bits per heavy atom. The van der Waals surface area contributed by atoms with Gasteiger partial charge in [0.1, 0.15) is 11.6 Å². The molecule has 19 heavy (non-hydrogen) atoms. The Bertz CT molecular complexity index is 550. The Labute approximate surface area is 111 Å². The van der Waals surface area contributed by atoms with E-state index in [0.29, 0.717) is 11.9 Å². The average molecular weight is 256 g/mol. The van der Waals surface area contributed by atoms with E-state index in [9.17, 15) is 0 Å². The molecule has 2 aromatic heterocycles. The molecule has 6 heteroatoms. The van der Waals surface area contributed by atoms with Gasteiger partial charge < -0.3 is 10.6 Å². The van der Waals surface area contributed by atoms with Crippen molar-refractivity contribution >= 4 is 11.8 Å². The van der Waals surface area contributed by atoms with Crippen molar-refractivity contribution in [2.24, 2.45) is 0 Å². The lowest BCUT2D eigenvalue weighted by Crippen LogP contribution is -2.11. The molecule has 0 spiro atoms. The van der Waals surface area contributed by atoms with Gasteiger partial charge in [-0.2, -0.15) is 0 Å². The Hall–Kier alpha value is -2.08. The molecule has 6 nitrogen and oxygen atoms in total. The van der Waals surface area contributed by atoms with Crippen LogP contribution < -0.4 is 10.6 Å². The van der Waals surface area contributed by atoms with Crippen LogP contribution in [-0.2, 0) is 0 Å². The van der Waals surface area contributed by atoms with Crippen LogP contribution in [0.5, 0.6) is 0 Å². The zero-order chi connectivity index (χ0) is 13.1. The van der Waals surface area contributed by atoms with Crippen molar-refractivity contribution in [2.45, 2.75) is 19.3 Å². The van der Waals surface area contributed by atoms with Crippen LogP contribution in [0.25, 0.3) is 0 Å². The van der Waals surface area contributed by atoms with Gasteiger partial charge in [-0.25, -0.2) is 19.9 Å². The monoisotopic (exact) mass is 256 g/mol. The maximum Gasteiger partial charge on any atom is 0.228 e. The third kappa shape index (κ3) is 2.85. The minimum atomic E-state index is 0.400. The van der Waals surface area contributed by atoms with Crippen LogP contribution in [0.15, 0.2) is 24.5 Å². The van der Waals surface area contributed by atoms with Crippen molar-refractivity contribution in [3.05, 3.63) is 36.0 Å². The summed E-state index contributed by atoms with van der Waals surface area (Å²) in [6.07, 6.45) is 4.49. The van der Waals surface area contributed by atoms with Gasteiger partial charge >= 0.3 is 0 Å². The summed E-state index contributed by atoms with van der Waals surface area (Å²) in [6.45, 7) is 3.96. The van der Waals surface area contributed by atoms with Crippen molar-refractivity contribution in [2.75, 3.05) is 18.4 Å². The lowest BCUT2D eigenvalue weighted by atomic mass is 10.1. The molecule has 0 amide bonds. The first-order valence-corrected chi connectivity index (χ1v) is 6.41. The Morgan fingerprint density at radius 2 is 2.11 bits per heavy atom. The van der Waals surface area contributed by atoms with Gasteiger partial charge in [0, 0.05) is 36.6 Å². The second-order valence-electron chi connectivity index (χ2n) is 4.64. The number of aryl methyl sites for hydroxylation is 1. The van der Waals surface area contributed by atoms with Crippen molar-refractivity contribution in [3.8, 4) is 0 Å². The summed E-state index contributed by atoms with van der Waals surface area (Å²) >= 11 is 0. The third-order valence-electron chi connectivity index (χ3n) is 3.10. The van der Waals surface area contributed by atoms with E-state index in [2.05, 4.69) is 30.6 Å². The van der Waals surface area contributed by atoms with Crippen molar-refractivity contribution < 1.29 is 0 Å². The van der Waals surface area contributed by atoms with Gasteiger partial charge in [-0.15, -0.1) is 0 Å². The van der Waals surface area contributed by atoms with Gasteiger partial charge in [-0.3, -0.25) is 0 Å². The normalized spacial score (nSPS) is 18.5. The number of hydrogen-bond acceptors (Lipinski definition) is 6. The number of hydrogen-bond donors (Lipinski definition) is 2. The highest BCUT2D eigenvalue weighted by Gasteiger charge is 2.20. The summed E-state index contributed by atoms with van der Waals surface area (Å²) in [7, 11) is 0. The fourth-order valence-electron chi connectivity index (χ4n) is 2.19. The maximum atomic E-state index is 4.57. The van der Waals surface area contributed by atoms with E-state index in [0.717, 1.165) is 36.8 Å². The predicted molar refractivity (Wildman–Crippen MR) is 72.3 cm³/mol. The van der Waals surface area contributed by atoms with E-state index < -0.39 is 0 Å². The Morgan fingerprint density at radius 1 is 1.26 bits per heavy atom. The number of aromatic nitrogens is 4. The highest BCUT2D eigenvalue weighted by molar-refractivity contribution is 5.47. The predicted octanol–water partition coefficient (Wildman–Crippen LogP) is 1.40. The van der Waals surface area contributed by atoms with E-state index >= 15 is 0 Å². The number of anilines is 2. The largest absolute Gasteiger partial charge is 0.316 e. The molecule has 0 saturated carbocycles. The van der Waals surface area contributed by atoms with E-state index in [4.69, 9.17) is 0 Å². The zero-order valence-electron chi connectivity index (χ0n) is 10.8. The smallest absolute Gasteiger partial charge is 0.228 e. The molecule has 1 aliphatic heterocycles. The lowest BCUT2D eigenvalue weighted by molar-refractivity contribution is 0.698. The van der Waals surface area contributed by atoms with Crippen LogP contribution in [-0.4, -0.2) is 33.0 Å². The number of nitrogens with one attached hydrogen (secondary N) is 2. The summed E-state index contributed by atoms with van der Waals surface area (Å²) < 4.78 is 0. The Kier molecular flexibility index (Phi) is 3.33. The molecule has 98 valence electrons. The molecular weight excluding hydrogens is 240 g/mol. The lowest BCUT2D eigenvalue weighted by Gasteiger charge is -2.10. The van der Waals surface area contributed by atoms with Crippen LogP contribution in [0, 0.1) is 6.92 Å². The van der Waals surface area contributed by atoms with E-state index in [1.165, 1.54) is 0 Å². The molecule has 3 heterocycles. The summed E-state index contributed by atoms with van der Waals surface area (Å²) in [5.41, 5.74) is 0.954. The standard InChI is InChI=1S/C13H16N6/c1-9-7-11(19-13-15-4-2-5-16-13)18-12(17-9)10-3-6-14-8-10/h2,4-5,7,10,14H,3,6,8H2,1H3,(H,15,16,17,18,19). The second-order valence-corrected chi connectivity index (χ2v) is 4.64. The van der Waals surface area contributed by atoms with Gasteiger partial charge in [-0.05, 0) is 26.0 Å². The average Bonchev–Trinajstić information content (AvgIpc) is 2.93. The molecule has 0 bridgehead atoms. The second kappa shape index (κ2) is 5.27. The van der Waals surface area contributed by atoms with Crippen molar-refractivity contribution in [3.63, 3.8) is 0 Å². The molecular formula is C13H16N6. The summed E-state index contributed by atoms with van der Waals surface area (Å²) in [4.78, 5) is 17.4. The van der Waals surface area contributed by atoms with E-state index in [1.54, 1.807) is 18.5 Å².